The van der Waals surface area contributed by atoms with Crippen LogP contribution in [0.5, 0.6) is 0 Å². The van der Waals surface area contributed by atoms with Gasteiger partial charge < -0.3 is 5.32 Å². The van der Waals surface area contributed by atoms with Crippen molar-refractivity contribution in [2.24, 2.45) is 0 Å². The van der Waals surface area contributed by atoms with Gasteiger partial charge in [-0.1, -0.05) is 18.6 Å². The lowest BCUT2D eigenvalue weighted by atomic mass is 10.1. The molecule has 0 heterocycles. The average Bonchev–Trinajstić information content (AvgIpc) is 2.33. The van der Waals surface area contributed by atoms with Crippen LogP contribution < -0.4 is 5.32 Å². The van der Waals surface area contributed by atoms with Crippen molar-refractivity contribution in [1.82, 2.24) is 5.32 Å². The van der Waals surface area contributed by atoms with Gasteiger partial charge in [-0.05, 0) is 37.0 Å². The van der Waals surface area contributed by atoms with Crippen LogP contribution in [0.1, 0.15) is 30.4 Å². The molecule has 1 aromatic carbocycles. The summed E-state index contributed by atoms with van der Waals surface area (Å²) in [6.45, 7) is 0.594. The number of carbonyl (C=O) groups excluding carboxylic acids is 1. The molecule has 0 saturated carbocycles. The standard InChI is InChI=1S/C13H15F3NO/c14-13(15,16)12-7-5-11(6-8-12)4-2-1-3-9-17-10-18/h5-8H,1-4,9H2,(H,17,18). The van der Waals surface area contributed by atoms with Crippen LogP contribution in [0, 0.1) is 0 Å². The van der Waals surface area contributed by atoms with Crippen molar-refractivity contribution in [3.8, 4) is 0 Å². The van der Waals surface area contributed by atoms with Gasteiger partial charge in [-0.3, -0.25) is 4.79 Å². The normalized spacial score (nSPS) is 11.3. The van der Waals surface area contributed by atoms with Crippen LogP contribution in [0.3, 0.4) is 0 Å². The van der Waals surface area contributed by atoms with Gasteiger partial charge >= 0.3 is 12.6 Å². The van der Waals surface area contributed by atoms with Gasteiger partial charge in [0.1, 0.15) is 0 Å². The third kappa shape index (κ3) is 5.21. The Balaban J connectivity index is 2.29. The molecule has 0 aliphatic rings. The lowest BCUT2D eigenvalue weighted by molar-refractivity contribution is -0.137. The Morgan fingerprint density at radius 3 is 2.28 bits per heavy atom. The topological polar surface area (TPSA) is 29.1 Å². The fraction of sp³-hybridized carbons (Fsp3) is 0.462. The summed E-state index contributed by atoms with van der Waals surface area (Å²) in [4.78, 5) is 9.84. The van der Waals surface area contributed by atoms with Gasteiger partial charge in [0.05, 0.1) is 5.56 Å². The molecule has 1 rings (SSSR count). The number of aryl methyl sites for hydroxylation is 1. The summed E-state index contributed by atoms with van der Waals surface area (Å²) in [5, 5.41) is 2.44. The number of hydrogen-bond donors (Lipinski definition) is 1. The van der Waals surface area contributed by atoms with E-state index in [0.29, 0.717) is 6.54 Å². The average molecular weight is 258 g/mol. The molecule has 0 fully saturated rings. The summed E-state index contributed by atoms with van der Waals surface area (Å²) in [6, 6.07) is 5.25. The quantitative estimate of drug-likeness (QED) is 0.591. The van der Waals surface area contributed by atoms with E-state index < -0.39 is 11.7 Å². The minimum atomic E-state index is -4.27. The summed E-state index contributed by atoms with van der Waals surface area (Å²) in [6.07, 6.45) is 0.753. The van der Waals surface area contributed by atoms with Crippen LogP contribution >= 0.6 is 0 Å². The third-order valence-electron chi connectivity index (χ3n) is 2.62. The van der Waals surface area contributed by atoms with E-state index in [1.54, 1.807) is 6.41 Å². The molecule has 5 heteroatoms. The molecule has 1 aromatic rings. The molecule has 0 unspecified atom stereocenters. The Labute approximate surface area is 104 Å². The number of halogens is 3. The van der Waals surface area contributed by atoms with E-state index in [1.807, 2.05) is 0 Å². The summed E-state index contributed by atoms with van der Waals surface area (Å²) in [7, 11) is 0. The summed E-state index contributed by atoms with van der Waals surface area (Å²) in [5.74, 6) is 0. The van der Waals surface area contributed by atoms with Crippen molar-refractivity contribution in [1.29, 1.82) is 0 Å². The summed E-state index contributed by atoms with van der Waals surface area (Å²) in [5.41, 5.74) is 0.287. The maximum atomic E-state index is 12.3. The van der Waals surface area contributed by atoms with Crippen molar-refractivity contribution < 1.29 is 18.0 Å². The molecule has 0 aromatic heterocycles. The first-order chi connectivity index (χ1) is 8.54. The lowest BCUT2D eigenvalue weighted by Crippen LogP contribution is -2.11. The summed E-state index contributed by atoms with van der Waals surface area (Å²) < 4.78 is 36.9. The van der Waals surface area contributed by atoms with E-state index in [1.165, 1.54) is 12.1 Å². The van der Waals surface area contributed by atoms with Crippen molar-refractivity contribution in [2.75, 3.05) is 6.54 Å². The first-order valence-electron chi connectivity index (χ1n) is 5.80. The highest BCUT2D eigenvalue weighted by atomic mass is 19.4. The van der Waals surface area contributed by atoms with Crippen LogP contribution in [0.4, 0.5) is 13.2 Å². The zero-order valence-electron chi connectivity index (χ0n) is 9.89. The molecule has 0 aliphatic carbocycles. The number of benzene rings is 1. The van der Waals surface area contributed by atoms with Crippen LogP contribution in [0.2, 0.25) is 0 Å². The maximum Gasteiger partial charge on any atom is 0.416 e. The molecular formula is C13H15F3NO. The van der Waals surface area contributed by atoms with Gasteiger partial charge in [-0.25, -0.2) is 0 Å². The molecule has 99 valence electrons. The van der Waals surface area contributed by atoms with Crippen LogP contribution in [0.15, 0.2) is 24.3 Å². The molecule has 0 saturated heterocycles. The first kappa shape index (κ1) is 14.5. The minimum absolute atomic E-state index is 0.594. The van der Waals surface area contributed by atoms with Crippen molar-refractivity contribution in [3.63, 3.8) is 0 Å². The molecule has 1 amide bonds. The van der Waals surface area contributed by atoms with Crippen molar-refractivity contribution in [2.45, 2.75) is 31.9 Å². The molecule has 0 atom stereocenters. The van der Waals surface area contributed by atoms with E-state index in [4.69, 9.17) is 0 Å². The molecule has 18 heavy (non-hydrogen) atoms. The molecule has 0 bridgehead atoms. The van der Waals surface area contributed by atoms with Gasteiger partial charge in [0.25, 0.3) is 0 Å². The molecular weight excluding hydrogens is 243 g/mol. The fourth-order valence-corrected chi connectivity index (χ4v) is 1.63. The lowest BCUT2D eigenvalue weighted by Gasteiger charge is -2.07. The number of hydrogen-bond acceptors (Lipinski definition) is 1. The smallest absolute Gasteiger partial charge is 0.348 e. The first-order valence-corrected chi connectivity index (χ1v) is 5.80. The van der Waals surface area contributed by atoms with E-state index >= 15 is 0 Å². The second-order valence-corrected chi connectivity index (χ2v) is 4.03. The highest BCUT2D eigenvalue weighted by Crippen LogP contribution is 2.29. The number of unbranched alkanes of at least 4 members (excludes halogenated alkanes) is 2. The Kier molecular flexibility index (Phi) is 5.68. The zero-order chi connectivity index (χ0) is 13.4. The number of alkyl halides is 3. The van der Waals surface area contributed by atoms with Crippen LogP contribution in [-0.4, -0.2) is 13.0 Å². The Morgan fingerprint density at radius 1 is 1.06 bits per heavy atom. The van der Waals surface area contributed by atoms with Gasteiger partial charge in [0, 0.05) is 6.54 Å². The molecule has 2 nitrogen and oxygen atoms in total. The number of rotatable bonds is 7. The number of amides is 1. The monoisotopic (exact) mass is 258 g/mol. The predicted octanol–water partition coefficient (Wildman–Crippen LogP) is 3.08. The predicted molar refractivity (Wildman–Crippen MR) is 62.7 cm³/mol. The van der Waals surface area contributed by atoms with E-state index in [-0.39, 0.29) is 0 Å². The Hall–Kier alpha value is -1.52. The van der Waals surface area contributed by atoms with Crippen molar-refractivity contribution >= 4 is 6.41 Å². The maximum absolute atomic E-state index is 12.3. The largest absolute Gasteiger partial charge is 0.416 e. The third-order valence-corrected chi connectivity index (χ3v) is 2.62. The van der Waals surface area contributed by atoms with E-state index in [9.17, 15) is 18.0 Å². The second kappa shape index (κ2) is 7.03. The highest BCUT2D eigenvalue weighted by Gasteiger charge is 2.29. The van der Waals surface area contributed by atoms with Gasteiger partial charge in [-0.15, -0.1) is 0 Å². The van der Waals surface area contributed by atoms with Crippen LogP contribution in [0.25, 0.3) is 0 Å². The van der Waals surface area contributed by atoms with Crippen molar-refractivity contribution in [3.05, 3.63) is 35.4 Å². The Bertz CT molecular complexity index is 359. The molecule has 0 aliphatic heterocycles. The van der Waals surface area contributed by atoms with Crippen LogP contribution in [-0.2, 0) is 17.4 Å². The fourth-order valence-electron chi connectivity index (χ4n) is 1.63. The molecule has 1 radical (unpaired) electrons. The minimum Gasteiger partial charge on any atom is -0.348 e. The Morgan fingerprint density at radius 2 is 1.72 bits per heavy atom. The van der Waals surface area contributed by atoms with Gasteiger partial charge in [-0.2, -0.15) is 13.2 Å². The highest BCUT2D eigenvalue weighted by molar-refractivity contribution is 5.46. The number of nitrogens with one attached hydrogen (secondary N) is 1. The molecule has 1 N–H and O–H groups in total. The zero-order valence-corrected chi connectivity index (χ0v) is 9.89. The SMILES string of the molecule is O=[C]NCCCCCc1ccc(C(F)(F)F)cc1. The van der Waals surface area contributed by atoms with E-state index in [2.05, 4.69) is 5.32 Å². The van der Waals surface area contributed by atoms with Gasteiger partial charge in [0.15, 0.2) is 0 Å². The summed E-state index contributed by atoms with van der Waals surface area (Å²) >= 11 is 0. The second-order valence-electron chi connectivity index (χ2n) is 4.03. The van der Waals surface area contributed by atoms with Gasteiger partial charge in [0.2, 0.25) is 0 Å². The molecule has 0 spiro atoms. The van der Waals surface area contributed by atoms with E-state index in [0.717, 1.165) is 43.4 Å².